The van der Waals surface area contributed by atoms with Gasteiger partial charge in [0.1, 0.15) is 5.54 Å². The predicted octanol–water partition coefficient (Wildman–Crippen LogP) is 1.79. The lowest BCUT2D eigenvalue weighted by Gasteiger charge is -2.45. The summed E-state index contributed by atoms with van der Waals surface area (Å²) in [6.45, 7) is 7.09. The van der Waals surface area contributed by atoms with Gasteiger partial charge in [0.05, 0.1) is 12.2 Å². The Bertz CT molecular complexity index is 569. The molecule has 2 unspecified atom stereocenters. The van der Waals surface area contributed by atoms with Gasteiger partial charge in [-0.05, 0) is 31.4 Å². The van der Waals surface area contributed by atoms with Crippen molar-refractivity contribution in [2.45, 2.75) is 50.9 Å². The molecule has 1 aliphatic heterocycles. The van der Waals surface area contributed by atoms with E-state index in [4.69, 9.17) is 9.47 Å². The lowest BCUT2D eigenvalue weighted by Crippen LogP contribution is -2.64. The van der Waals surface area contributed by atoms with E-state index in [-0.39, 0.29) is 18.1 Å². The maximum absolute atomic E-state index is 13.3. The van der Waals surface area contributed by atoms with Crippen LogP contribution in [0.4, 0.5) is 0 Å². The van der Waals surface area contributed by atoms with Crippen LogP contribution in [0.2, 0.25) is 0 Å². The quantitative estimate of drug-likeness (QED) is 0.798. The molecule has 0 radical (unpaired) electrons. The molecular weight excluding hydrogens is 316 g/mol. The number of morpholine rings is 1. The van der Waals surface area contributed by atoms with Crippen LogP contribution < -0.4 is 5.32 Å². The van der Waals surface area contributed by atoms with Crippen molar-refractivity contribution in [1.29, 1.82) is 0 Å². The molecule has 0 saturated carbocycles. The van der Waals surface area contributed by atoms with Crippen LogP contribution in [-0.2, 0) is 27.1 Å². The topological polar surface area (TPSA) is 50.8 Å². The summed E-state index contributed by atoms with van der Waals surface area (Å²) in [5, 5.41) is 3.16. The maximum atomic E-state index is 13.3. The van der Waals surface area contributed by atoms with Crippen LogP contribution >= 0.6 is 0 Å². The molecule has 0 bridgehead atoms. The first kappa shape index (κ1) is 18.4. The minimum atomic E-state index is -0.497. The largest absolute Gasteiger partial charge is 0.385 e. The fourth-order valence-corrected chi connectivity index (χ4v) is 4.23. The maximum Gasteiger partial charge on any atom is 0.241 e. The Balaban J connectivity index is 1.81. The number of hydrogen-bond donors (Lipinski definition) is 1. The van der Waals surface area contributed by atoms with Crippen LogP contribution in [-0.4, -0.2) is 61.9 Å². The molecule has 5 nitrogen and oxygen atoms in total. The summed E-state index contributed by atoms with van der Waals surface area (Å²) in [5.41, 5.74) is 2.09. The monoisotopic (exact) mass is 346 g/mol. The van der Waals surface area contributed by atoms with Crippen molar-refractivity contribution >= 4 is 5.91 Å². The zero-order chi connectivity index (χ0) is 17.9. The number of nitrogens with one attached hydrogen (secondary N) is 1. The summed E-state index contributed by atoms with van der Waals surface area (Å²) < 4.78 is 11.0. The van der Waals surface area contributed by atoms with E-state index in [1.54, 1.807) is 7.11 Å². The number of fused-ring (bicyclic) bond motifs is 1. The van der Waals surface area contributed by atoms with E-state index in [0.717, 1.165) is 32.4 Å². The molecule has 3 rings (SSSR count). The van der Waals surface area contributed by atoms with Crippen LogP contribution in [0.5, 0.6) is 0 Å². The molecule has 1 amide bonds. The van der Waals surface area contributed by atoms with Gasteiger partial charge in [0.2, 0.25) is 5.91 Å². The van der Waals surface area contributed by atoms with Crippen LogP contribution in [0.15, 0.2) is 24.3 Å². The Morgan fingerprint density at radius 2 is 1.84 bits per heavy atom. The molecule has 25 heavy (non-hydrogen) atoms. The van der Waals surface area contributed by atoms with E-state index < -0.39 is 5.54 Å². The second-order valence-electron chi connectivity index (χ2n) is 7.42. The zero-order valence-electron chi connectivity index (χ0n) is 15.6. The summed E-state index contributed by atoms with van der Waals surface area (Å²) in [4.78, 5) is 15.6. The van der Waals surface area contributed by atoms with E-state index in [0.29, 0.717) is 13.2 Å². The number of carbonyl (C=O) groups is 1. The molecule has 1 aliphatic carbocycles. The van der Waals surface area contributed by atoms with E-state index in [2.05, 4.69) is 48.3 Å². The number of nitrogens with zero attached hydrogens (tertiary/aromatic N) is 1. The van der Waals surface area contributed by atoms with E-state index in [1.807, 2.05) is 0 Å². The molecule has 1 saturated heterocycles. The normalized spacial score (nSPS) is 25.6. The van der Waals surface area contributed by atoms with Crippen LogP contribution in [0, 0.1) is 0 Å². The first-order valence-corrected chi connectivity index (χ1v) is 9.29. The number of ether oxygens (including phenoxy) is 2. The second-order valence-corrected chi connectivity index (χ2v) is 7.42. The van der Waals surface area contributed by atoms with Gasteiger partial charge in [-0.3, -0.25) is 9.69 Å². The van der Waals surface area contributed by atoms with Crippen molar-refractivity contribution in [3.05, 3.63) is 35.4 Å². The average molecular weight is 346 g/mol. The Morgan fingerprint density at radius 3 is 2.40 bits per heavy atom. The van der Waals surface area contributed by atoms with Crippen LogP contribution in [0.25, 0.3) is 0 Å². The lowest BCUT2D eigenvalue weighted by molar-refractivity contribution is -0.144. The van der Waals surface area contributed by atoms with Crippen molar-refractivity contribution in [2.75, 3.05) is 33.4 Å². The SMILES string of the molecule is COCCCNC(=O)C1(N2CC(C)OC(C)C2)Cc2ccccc2C1. The summed E-state index contributed by atoms with van der Waals surface area (Å²) >= 11 is 0. The van der Waals surface area contributed by atoms with Gasteiger partial charge in [-0.15, -0.1) is 0 Å². The molecule has 2 atom stereocenters. The van der Waals surface area contributed by atoms with Crippen molar-refractivity contribution in [3.63, 3.8) is 0 Å². The van der Waals surface area contributed by atoms with E-state index in [9.17, 15) is 4.79 Å². The van der Waals surface area contributed by atoms with E-state index in [1.165, 1.54) is 11.1 Å². The number of rotatable bonds is 6. The molecule has 0 spiro atoms. The minimum Gasteiger partial charge on any atom is -0.385 e. The van der Waals surface area contributed by atoms with Crippen molar-refractivity contribution in [1.82, 2.24) is 10.2 Å². The van der Waals surface area contributed by atoms with Crippen molar-refractivity contribution in [2.24, 2.45) is 0 Å². The van der Waals surface area contributed by atoms with Crippen molar-refractivity contribution < 1.29 is 14.3 Å². The van der Waals surface area contributed by atoms with Gasteiger partial charge in [0.15, 0.2) is 0 Å². The van der Waals surface area contributed by atoms with Crippen molar-refractivity contribution in [3.8, 4) is 0 Å². The molecular formula is C20H30N2O3. The highest BCUT2D eigenvalue weighted by atomic mass is 16.5. The molecule has 0 aromatic heterocycles. The van der Waals surface area contributed by atoms with Crippen LogP contribution in [0.1, 0.15) is 31.4 Å². The predicted molar refractivity (Wildman–Crippen MR) is 97.7 cm³/mol. The van der Waals surface area contributed by atoms with Gasteiger partial charge in [-0.1, -0.05) is 24.3 Å². The highest BCUT2D eigenvalue weighted by Gasteiger charge is 2.49. The van der Waals surface area contributed by atoms with Gasteiger partial charge in [0, 0.05) is 46.2 Å². The second kappa shape index (κ2) is 7.85. The first-order chi connectivity index (χ1) is 12.0. The molecule has 1 N–H and O–H groups in total. The number of carbonyl (C=O) groups excluding carboxylic acids is 1. The fraction of sp³-hybridized carbons (Fsp3) is 0.650. The third-order valence-electron chi connectivity index (χ3n) is 5.34. The summed E-state index contributed by atoms with van der Waals surface area (Å²) in [6, 6.07) is 8.44. The van der Waals surface area contributed by atoms with Gasteiger partial charge < -0.3 is 14.8 Å². The van der Waals surface area contributed by atoms with Crippen LogP contribution in [0.3, 0.4) is 0 Å². The van der Waals surface area contributed by atoms with Gasteiger partial charge in [-0.2, -0.15) is 0 Å². The fourth-order valence-electron chi connectivity index (χ4n) is 4.23. The number of hydrogen-bond acceptors (Lipinski definition) is 4. The molecule has 1 fully saturated rings. The Labute approximate surface area is 150 Å². The Kier molecular flexibility index (Phi) is 5.77. The summed E-state index contributed by atoms with van der Waals surface area (Å²) in [6.07, 6.45) is 2.68. The number of benzene rings is 1. The average Bonchev–Trinajstić information content (AvgIpc) is 2.98. The molecule has 5 heteroatoms. The Hall–Kier alpha value is -1.43. The smallest absolute Gasteiger partial charge is 0.241 e. The van der Waals surface area contributed by atoms with Gasteiger partial charge in [-0.25, -0.2) is 0 Å². The van der Waals surface area contributed by atoms with Gasteiger partial charge in [0.25, 0.3) is 0 Å². The molecule has 138 valence electrons. The molecule has 1 aromatic rings. The minimum absolute atomic E-state index is 0.140. The van der Waals surface area contributed by atoms with E-state index >= 15 is 0 Å². The molecule has 2 aliphatic rings. The highest BCUT2D eigenvalue weighted by Crippen LogP contribution is 2.36. The molecule has 1 aromatic carbocycles. The number of amides is 1. The zero-order valence-corrected chi connectivity index (χ0v) is 15.6. The third-order valence-corrected chi connectivity index (χ3v) is 5.34. The third kappa shape index (κ3) is 3.89. The van der Waals surface area contributed by atoms with Gasteiger partial charge >= 0.3 is 0 Å². The molecule has 1 heterocycles. The lowest BCUT2D eigenvalue weighted by atomic mass is 9.90. The Morgan fingerprint density at radius 1 is 1.24 bits per heavy atom. The summed E-state index contributed by atoms with van der Waals surface area (Å²) in [7, 11) is 1.69. The number of methoxy groups -OCH3 is 1. The highest BCUT2D eigenvalue weighted by molar-refractivity contribution is 5.88. The standard InChI is InChI=1S/C20H30N2O3/c1-15-13-22(14-16(2)25-15)20(19(23)21-9-6-10-24-3)11-17-7-4-5-8-18(17)12-20/h4-5,7-8,15-16H,6,9-14H2,1-3H3,(H,21,23). The first-order valence-electron chi connectivity index (χ1n) is 9.29. The summed E-state index contributed by atoms with van der Waals surface area (Å²) in [5.74, 6) is 0.140.